The second kappa shape index (κ2) is 17.6. The van der Waals surface area contributed by atoms with Crippen molar-refractivity contribution in [2.75, 3.05) is 20.0 Å². The summed E-state index contributed by atoms with van der Waals surface area (Å²) >= 11 is 0. The Morgan fingerprint density at radius 3 is 2.38 bits per heavy atom. The molecule has 0 aromatic heterocycles. The van der Waals surface area contributed by atoms with Gasteiger partial charge < -0.3 is 10.9 Å². The average Bonchev–Trinajstić information content (AvgIpc) is 2.26. The van der Waals surface area contributed by atoms with Crippen LogP contribution in [0.25, 0.3) is 0 Å². The Morgan fingerprint density at radius 1 is 0.938 bits per heavy atom. The van der Waals surface area contributed by atoms with Crippen molar-refractivity contribution >= 4 is 0 Å². The first kappa shape index (κ1) is 18.6. The molecule has 3 heteroatoms. The second-order valence-corrected chi connectivity index (χ2v) is 3.66. The first-order valence-corrected chi connectivity index (χ1v) is 6.22. The largest absolute Gasteiger partial charge is 1.00 e. The van der Waals surface area contributed by atoms with Gasteiger partial charge in [-0.1, -0.05) is 45.3 Å². The van der Waals surface area contributed by atoms with Gasteiger partial charge in [-0.3, -0.25) is 0 Å². The number of hydrogen-bond acceptors (Lipinski definition) is 2. The Labute approximate surface area is 114 Å². The molecule has 0 unspecified atom stereocenters. The molecule has 0 spiro atoms. The van der Waals surface area contributed by atoms with E-state index in [2.05, 4.69) is 26.0 Å². The summed E-state index contributed by atoms with van der Waals surface area (Å²) in [5, 5.41) is 0. The standard InChI is InChI=1S/C13H26O2.Li.H/c1-3-5-7-9-11-14-13-15-12-10-8-6-4-2;;/h5,7H,3-4,6,8-13H2,1-2H3;;/q;+1;-1/b7-5-;;. The van der Waals surface area contributed by atoms with Gasteiger partial charge in [-0.2, -0.15) is 0 Å². The summed E-state index contributed by atoms with van der Waals surface area (Å²) < 4.78 is 10.7. The van der Waals surface area contributed by atoms with Crippen molar-refractivity contribution < 1.29 is 29.8 Å². The van der Waals surface area contributed by atoms with Crippen LogP contribution in [-0.4, -0.2) is 20.0 Å². The van der Waals surface area contributed by atoms with E-state index in [9.17, 15) is 0 Å². The molecular weight excluding hydrogens is 195 g/mol. The van der Waals surface area contributed by atoms with E-state index in [0.29, 0.717) is 6.79 Å². The van der Waals surface area contributed by atoms with E-state index in [1.54, 1.807) is 0 Å². The molecule has 0 aliphatic carbocycles. The van der Waals surface area contributed by atoms with Crippen molar-refractivity contribution in [3.8, 4) is 0 Å². The third-order valence-corrected chi connectivity index (χ3v) is 2.14. The van der Waals surface area contributed by atoms with E-state index in [1.165, 1.54) is 19.3 Å². The van der Waals surface area contributed by atoms with Gasteiger partial charge in [0.1, 0.15) is 6.79 Å². The third kappa shape index (κ3) is 16.7. The molecular formula is C13H27LiO2. The Kier molecular flexibility index (Phi) is 20.5. The van der Waals surface area contributed by atoms with Gasteiger partial charge in [0.15, 0.2) is 0 Å². The molecule has 0 bridgehead atoms. The Bertz CT molecular complexity index is 143. The minimum Gasteiger partial charge on any atom is -1.00 e. The van der Waals surface area contributed by atoms with E-state index in [4.69, 9.17) is 9.47 Å². The molecule has 92 valence electrons. The van der Waals surface area contributed by atoms with Crippen molar-refractivity contribution in [1.82, 2.24) is 0 Å². The minimum absolute atomic E-state index is 0. The molecule has 0 heterocycles. The second-order valence-electron chi connectivity index (χ2n) is 3.66. The van der Waals surface area contributed by atoms with E-state index < -0.39 is 0 Å². The van der Waals surface area contributed by atoms with Crippen molar-refractivity contribution in [2.45, 2.75) is 52.4 Å². The Balaban J connectivity index is -0.000000980. The molecule has 0 saturated carbocycles. The van der Waals surface area contributed by atoms with Gasteiger partial charge in [0, 0.05) is 6.61 Å². The maximum Gasteiger partial charge on any atom is 1.00 e. The summed E-state index contributed by atoms with van der Waals surface area (Å²) in [6.45, 7) is 6.41. The molecule has 0 aliphatic rings. The summed E-state index contributed by atoms with van der Waals surface area (Å²) in [6.07, 6.45) is 11.4. The van der Waals surface area contributed by atoms with E-state index in [0.717, 1.165) is 32.5 Å². The van der Waals surface area contributed by atoms with Crippen LogP contribution in [0.4, 0.5) is 0 Å². The summed E-state index contributed by atoms with van der Waals surface area (Å²) in [5.41, 5.74) is 0. The number of allylic oxidation sites excluding steroid dienone is 1. The molecule has 0 atom stereocenters. The van der Waals surface area contributed by atoms with Crippen LogP contribution in [0.3, 0.4) is 0 Å². The number of rotatable bonds is 11. The van der Waals surface area contributed by atoms with Crippen molar-refractivity contribution in [3.63, 3.8) is 0 Å². The van der Waals surface area contributed by atoms with Crippen molar-refractivity contribution in [3.05, 3.63) is 12.2 Å². The molecule has 2 nitrogen and oxygen atoms in total. The number of unbranched alkanes of at least 4 members (excludes halogenated alkanes) is 3. The molecule has 0 amide bonds. The average molecular weight is 222 g/mol. The SMILES string of the molecule is CC/C=C\CCOCOCCCCCC.[H-].[Li+]. The third-order valence-electron chi connectivity index (χ3n) is 2.14. The minimum atomic E-state index is 0. The monoisotopic (exact) mass is 222 g/mol. The predicted octanol–water partition coefficient (Wildman–Crippen LogP) is 1.03. The van der Waals surface area contributed by atoms with Gasteiger partial charge in [0.05, 0.1) is 6.61 Å². The quantitative estimate of drug-likeness (QED) is 0.225. The van der Waals surface area contributed by atoms with Gasteiger partial charge in [-0.15, -0.1) is 0 Å². The summed E-state index contributed by atoms with van der Waals surface area (Å²) in [5.74, 6) is 0. The fraction of sp³-hybridized carbons (Fsp3) is 0.846. The molecule has 0 radical (unpaired) electrons. The Hall–Kier alpha value is 0.257. The molecule has 0 aliphatic heterocycles. The fourth-order valence-corrected chi connectivity index (χ4v) is 1.24. The topological polar surface area (TPSA) is 18.5 Å². The molecule has 16 heavy (non-hydrogen) atoms. The first-order valence-electron chi connectivity index (χ1n) is 6.22. The zero-order valence-electron chi connectivity index (χ0n) is 12.3. The molecule has 0 saturated heterocycles. The van der Waals surface area contributed by atoms with Crippen LogP contribution >= 0.6 is 0 Å². The summed E-state index contributed by atoms with van der Waals surface area (Å²) in [7, 11) is 0. The smallest absolute Gasteiger partial charge is 1.00 e. The van der Waals surface area contributed by atoms with Gasteiger partial charge in [0.25, 0.3) is 0 Å². The van der Waals surface area contributed by atoms with Gasteiger partial charge in [-0.25, -0.2) is 0 Å². The zero-order valence-corrected chi connectivity index (χ0v) is 11.3. The van der Waals surface area contributed by atoms with Gasteiger partial charge in [0.2, 0.25) is 0 Å². The maximum atomic E-state index is 5.34. The van der Waals surface area contributed by atoms with E-state index in [-0.39, 0.29) is 20.3 Å². The molecule has 0 aromatic rings. The fourth-order valence-electron chi connectivity index (χ4n) is 1.24. The van der Waals surface area contributed by atoms with E-state index >= 15 is 0 Å². The normalized spacial score (nSPS) is 10.6. The Morgan fingerprint density at radius 2 is 1.69 bits per heavy atom. The van der Waals surface area contributed by atoms with E-state index in [1.807, 2.05) is 0 Å². The van der Waals surface area contributed by atoms with Crippen LogP contribution in [0, 0.1) is 0 Å². The molecule has 0 rings (SSSR count). The van der Waals surface area contributed by atoms with Crippen LogP contribution in [-0.2, 0) is 9.47 Å². The van der Waals surface area contributed by atoms with Gasteiger partial charge in [-0.05, 0) is 19.3 Å². The van der Waals surface area contributed by atoms with Crippen LogP contribution in [0.2, 0.25) is 0 Å². The molecule has 0 aromatic carbocycles. The first-order chi connectivity index (χ1) is 7.41. The zero-order chi connectivity index (χ0) is 11.2. The number of hydrogen-bond donors (Lipinski definition) is 0. The maximum absolute atomic E-state index is 5.34. The summed E-state index contributed by atoms with van der Waals surface area (Å²) in [6, 6.07) is 0. The van der Waals surface area contributed by atoms with Crippen LogP contribution in [0.15, 0.2) is 12.2 Å². The van der Waals surface area contributed by atoms with Crippen LogP contribution in [0.1, 0.15) is 53.8 Å². The molecule has 0 fully saturated rings. The summed E-state index contributed by atoms with van der Waals surface area (Å²) in [4.78, 5) is 0. The molecule has 0 N–H and O–H groups in total. The predicted molar refractivity (Wildman–Crippen MR) is 66.1 cm³/mol. The van der Waals surface area contributed by atoms with Gasteiger partial charge >= 0.3 is 18.9 Å². The number of ether oxygens (including phenoxy) is 2. The van der Waals surface area contributed by atoms with Crippen LogP contribution < -0.4 is 18.9 Å². The van der Waals surface area contributed by atoms with Crippen LogP contribution in [0.5, 0.6) is 0 Å². The van der Waals surface area contributed by atoms with Crippen molar-refractivity contribution in [1.29, 1.82) is 0 Å². The van der Waals surface area contributed by atoms with Crippen molar-refractivity contribution in [2.24, 2.45) is 0 Å².